The molecule has 6 nitrogen and oxygen atoms in total. The number of benzene rings is 2. The fourth-order valence-corrected chi connectivity index (χ4v) is 5.79. The van der Waals surface area contributed by atoms with Crippen LogP contribution in [0.15, 0.2) is 48.5 Å². The zero-order valence-corrected chi connectivity index (χ0v) is 15.7. The number of H-pyrrole nitrogens is 1. The summed E-state index contributed by atoms with van der Waals surface area (Å²) >= 11 is 0. The van der Waals surface area contributed by atoms with Gasteiger partial charge in [-0.2, -0.15) is 15.4 Å². The van der Waals surface area contributed by atoms with Crippen molar-refractivity contribution in [2.45, 2.75) is 30.8 Å². The van der Waals surface area contributed by atoms with Gasteiger partial charge in [0.2, 0.25) is 0 Å². The topological polar surface area (TPSA) is 65.1 Å². The van der Waals surface area contributed by atoms with Gasteiger partial charge >= 0.3 is 0 Å². The van der Waals surface area contributed by atoms with Crippen LogP contribution < -0.4 is 0 Å². The Hall–Kier alpha value is -2.73. The van der Waals surface area contributed by atoms with E-state index in [2.05, 4.69) is 55.5 Å². The van der Waals surface area contributed by atoms with Crippen molar-refractivity contribution in [2.24, 2.45) is 5.92 Å². The lowest BCUT2D eigenvalue weighted by Crippen LogP contribution is -2.60. The molecule has 2 aromatic carbocycles. The van der Waals surface area contributed by atoms with Crippen LogP contribution in [0.4, 0.5) is 0 Å². The average molecular weight is 373 g/mol. The Morgan fingerprint density at radius 2 is 1.75 bits per heavy atom. The van der Waals surface area contributed by atoms with Crippen LogP contribution in [-0.4, -0.2) is 62.8 Å². The predicted molar refractivity (Wildman–Crippen MR) is 106 cm³/mol. The van der Waals surface area contributed by atoms with Crippen molar-refractivity contribution in [2.75, 3.05) is 19.6 Å². The molecule has 28 heavy (non-hydrogen) atoms. The molecular formula is C22H23N5O. The van der Waals surface area contributed by atoms with Crippen molar-refractivity contribution in [3.8, 4) is 0 Å². The van der Waals surface area contributed by atoms with Crippen LogP contribution in [0.25, 0.3) is 11.0 Å². The van der Waals surface area contributed by atoms with Gasteiger partial charge in [0.1, 0.15) is 11.0 Å². The molecule has 0 spiro atoms. The van der Waals surface area contributed by atoms with Crippen LogP contribution in [0.1, 0.15) is 34.7 Å². The van der Waals surface area contributed by atoms with Crippen molar-refractivity contribution >= 4 is 16.9 Å². The van der Waals surface area contributed by atoms with Gasteiger partial charge in [0.15, 0.2) is 0 Å². The summed E-state index contributed by atoms with van der Waals surface area (Å²) in [5.41, 5.74) is 3.61. The molecule has 5 heterocycles. The molecular weight excluding hydrogens is 350 g/mol. The summed E-state index contributed by atoms with van der Waals surface area (Å²) in [6, 6.07) is 17.1. The van der Waals surface area contributed by atoms with E-state index in [4.69, 9.17) is 0 Å². The Morgan fingerprint density at radius 3 is 2.57 bits per heavy atom. The lowest BCUT2D eigenvalue weighted by atomic mass is 9.75. The normalized spacial score (nSPS) is 31.3. The first-order valence-corrected chi connectivity index (χ1v) is 10.2. The highest BCUT2D eigenvalue weighted by Gasteiger charge is 2.54. The van der Waals surface area contributed by atoms with E-state index in [9.17, 15) is 4.79 Å². The van der Waals surface area contributed by atoms with Gasteiger partial charge in [0, 0.05) is 24.1 Å². The molecule has 1 aromatic heterocycles. The Balaban J connectivity index is 1.39. The zero-order chi connectivity index (χ0) is 18.7. The number of hydrogen-bond acceptors (Lipinski definition) is 4. The molecule has 1 amide bonds. The van der Waals surface area contributed by atoms with Gasteiger partial charge in [-0.15, -0.1) is 0 Å². The molecule has 1 N–H and O–H groups in total. The number of hydrogen-bond donors (Lipinski definition) is 1. The highest BCUT2D eigenvalue weighted by molar-refractivity contribution is 5.97. The third kappa shape index (κ3) is 2.34. The number of nitrogens with zero attached hydrogens (tertiary/aromatic N) is 4. The van der Waals surface area contributed by atoms with E-state index in [0.717, 1.165) is 17.6 Å². The summed E-state index contributed by atoms with van der Waals surface area (Å²) < 4.78 is 0. The smallest absolute Gasteiger partial charge is 0.254 e. The van der Waals surface area contributed by atoms with E-state index in [1.165, 1.54) is 31.5 Å². The number of likely N-dealkylation sites (tertiary alicyclic amines) is 1. The van der Waals surface area contributed by atoms with E-state index in [1.807, 2.05) is 18.2 Å². The van der Waals surface area contributed by atoms with Crippen LogP contribution in [0.5, 0.6) is 0 Å². The van der Waals surface area contributed by atoms with Crippen LogP contribution in [0, 0.1) is 5.92 Å². The van der Waals surface area contributed by atoms with E-state index >= 15 is 0 Å². The highest BCUT2D eigenvalue weighted by Crippen LogP contribution is 2.46. The summed E-state index contributed by atoms with van der Waals surface area (Å²) in [7, 11) is 0. The van der Waals surface area contributed by atoms with E-state index in [1.54, 1.807) is 0 Å². The fraction of sp³-hybridized carbons (Fsp3) is 0.409. The summed E-state index contributed by atoms with van der Waals surface area (Å²) in [5.74, 6) is 1.13. The van der Waals surface area contributed by atoms with Gasteiger partial charge in [-0.1, -0.05) is 30.3 Å². The number of carbonyl (C=O) groups is 1. The molecule has 3 unspecified atom stereocenters. The quantitative estimate of drug-likeness (QED) is 0.750. The van der Waals surface area contributed by atoms with Gasteiger partial charge in [0.25, 0.3) is 5.91 Å². The average Bonchev–Trinajstić information content (AvgIpc) is 3.40. The van der Waals surface area contributed by atoms with Crippen molar-refractivity contribution < 1.29 is 4.79 Å². The minimum Gasteiger partial charge on any atom is -0.333 e. The monoisotopic (exact) mass is 373 g/mol. The second kappa shape index (κ2) is 6.14. The van der Waals surface area contributed by atoms with Gasteiger partial charge in [-0.05, 0) is 55.6 Å². The number of aromatic amines is 1. The Bertz CT molecular complexity index is 1020. The van der Waals surface area contributed by atoms with Crippen molar-refractivity contribution in [3.05, 3.63) is 59.7 Å². The summed E-state index contributed by atoms with van der Waals surface area (Å²) in [6.45, 7) is 3.13. The van der Waals surface area contributed by atoms with Gasteiger partial charge in [-0.3, -0.25) is 9.69 Å². The first kappa shape index (κ1) is 16.2. The third-order valence-electron chi connectivity index (χ3n) is 7.05. The second-order valence-corrected chi connectivity index (χ2v) is 8.36. The molecule has 6 heteroatoms. The van der Waals surface area contributed by atoms with Crippen molar-refractivity contribution in [1.29, 1.82) is 0 Å². The number of piperidine rings is 3. The molecule has 7 rings (SSSR count). The zero-order valence-electron chi connectivity index (χ0n) is 15.7. The third-order valence-corrected chi connectivity index (χ3v) is 7.05. The molecule has 142 valence electrons. The Kier molecular flexibility index (Phi) is 3.56. The number of amides is 1. The number of aromatic nitrogens is 3. The first-order valence-electron chi connectivity index (χ1n) is 10.2. The molecule has 4 fully saturated rings. The minimum absolute atomic E-state index is 0.132. The van der Waals surface area contributed by atoms with E-state index < -0.39 is 0 Å². The molecule has 0 aliphatic carbocycles. The Labute approximate surface area is 163 Å². The molecule has 4 aliphatic rings. The molecule has 0 radical (unpaired) electrons. The van der Waals surface area contributed by atoms with Crippen LogP contribution >= 0.6 is 0 Å². The van der Waals surface area contributed by atoms with Crippen LogP contribution in [-0.2, 0) is 0 Å². The highest BCUT2D eigenvalue weighted by atomic mass is 16.2. The summed E-state index contributed by atoms with van der Waals surface area (Å²) in [6.07, 6.45) is 2.41. The molecule has 4 saturated heterocycles. The number of rotatable bonds is 2. The lowest BCUT2D eigenvalue weighted by molar-refractivity contribution is -0.00340. The maximum Gasteiger partial charge on any atom is 0.254 e. The maximum atomic E-state index is 13.6. The lowest BCUT2D eigenvalue weighted by Gasteiger charge is -2.51. The van der Waals surface area contributed by atoms with Crippen LogP contribution in [0.3, 0.4) is 0 Å². The van der Waals surface area contributed by atoms with Crippen LogP contribution in [0.2, 0.25) is 0 Å². The second-order valence-electron chi connectivity index (χ2n) is 8.36. The Morgan fingerprint density at radius 1 is 0.964 bits per heavy atom. The van der Waals surface area contributed by atoms with Gasteiger partial charge < -0.3 is 4.90 Å². The number of fused-ring (bicyclic) bond motifs is 3. The molecule has 3 aromatic rings. The fourth-order valence-electron chi connectivity index (χ4n) is 5.79. The minimum atomic E-state index is 0.132. The largest absolute Gasteiger partial charge is 0.333 e. The number of nitrogens with one attached hydrogen (secondary N) is 1. The summed E-state index contributed by atoms with van der Waals surface area (Å²) in [4.78, 5) is 18.4. The summed E-state index contributed by atoms with van der Waals surface area (Å²) in [5, 5.41) is 10.9. The standard InChI is InChI=1S/C22H23N5O/c28-22(16-6-7-18-19(12-16)24-25-23-18)27-13-17(14-4-2-1-3-5-14)21-20(27)15-8-10-26(21)11-9-15/h1-7,12,15,17,20-21H,8-11,13H2,(H,23,24,25). The van der Waals surface area contributed by atoms with Crippen molar-refractivity contribution in [1.82, 2.24) is 25.2 Å². The molecule has 4 aliphatic heterocycles. The molecule has 0 saturated carbocycles. The van der Waals surface area contributed by atoms with Crippen molar-refractivity contribution in [3.63, 3.8) is 0 Å². The van der Waals surface area contributed by atoms with E-state index in [0.29, 0.717) is 29.5 Å². The number of carbonyl (C=O) groups excluding carboxylic acids is 1. The first-order chi connectivity index (χ1) is 13.8. The predicted octanol–water partition coefficient (Wildman–Crippen LogP) is 2.66. The van der Waals surface area contributed by atoms with Gasteiger partial charge in [-0.25, -0.2) is 0 Å². The van der Waals surface area contributed by atoms with Gasteiger partial charge in [0.05, 0.1) is 6.04 Å². The molecule has 2 bridgehead atoms. The SMILES string of the molecule is O=C(c1ccc2n[nH]nc2c1)N1CC(c2ccccc2)C2C1C1CCN2CC1. The van der Waals surface area contributed by atoms with E-state index in [-0.39, 0.29) is 5.91 Å². The maximum absolute atomic E-state index is 13.6. The molecule has 3 atom stereocenters.